The maximum atomic E-state index is 11.1. The van der Waals surface area contributed by atoms with Crippen LogP contribution < -0.4 is 0 Å². The molecule has 2 aliphatic carbocycles. The third kappa shape index (κ3) is 2.87. The van der Waals surface area contributed by atoms with Crippen molar-refractivity contribution >= 4 is 12.0 Å². The van der Waals surface area contributed by atoms with E-state index < -0.39 is 5.97 Å². The molecule has 0 heterocycles. The molecule has 3 nitrogen and oxygen atoms in total. The number of nitriles is 1. The Balaban J connectivity index is 2.74. The van der Waals surface area contributed by atoms with Gasteiger partial charge in [0.1, 0.15) is 11.6 Å². The molecule has 3 heteroatoms. The fourth-order valence-electron chi connectivity index (χ4n) is 2.65. The van der Waals surface area contributed by atoms with E-state index in [1.165, 1.54) is 11.6 Å². The smallest absolute Gasteiger partial charge is 0.346 e. The minimum absolute atomic E-state index is 0.248. The van der Waals surface area contributed by atoms with Crippen LogP contribution in [0, 0.1) is 25.2 Å². The number of aliphatic carboxylic acids is 1. The molecule has 0 atom stereocenters. The molecule has 0 aromatic carbocycles. The first-order valence-corrected chi connectivity index (χ1v) is 7.24. The standard InChI is InChI=1S/C19H19NO2/c1-11(2)14-6-5-12(3)18-15(7-13(4)17(18)9-14)8-16(10-20)19(21)22/h5-9,11H,1-4H3,(H,21,22)/b16-8-. The van der Waals surface area contributed by atoms with Gasteiger partial charge < -0.3 is 5.11 Å². The molecule has 0 fully saturated rings. The largest absolute Gasteiger partial charge is 0.477 e. The SMILES string of the molecule is Cc1cc(/C=C(/C#N)C(=O)O)c2c(C)ccc(C(C)C)cc1-2. The van der Waals surface area contributed by atoms with E-state index in [0.29, 0.717) is 5.92 Å². The number of aryl methyl sites for hydroxylation is 2. The number of carbonyl (C=O) groups is 1. The molecule has 0 bridgehead atoms. The first-order valence-electron chi connectivity index (χ1n) is 7.24. The normalized spacial score (nSPS) is 11.7. The van der Waals surface area contributed by atoms with Crippen LogP contribution in [0.3, 0.4) is 0 Å². The van der Waals surface area contributed by atoms with Crippen LogP contribution >= 0.6 is 0 Å². The van der Waals surface area contributed by atoms with Crippen LogP contribution in [-0.2, 0) is 4.79 Å². The van der Waals surface area contributed by atoms with Gasteiger partial charge in [0.05, 0.1) is 0 Å². The van der Waals surface area contributed by atoms with Crippen molar-refractivity contribution in [1.29, 1.82) is 5.26 Å². The van der Waals surface area contributed by atoms with Crippen LogP contribution in [0.2, 0.25) is 0 Å². The summed E-state index contributed by atoms with van der Waals surface area (Å²) in [7, 11) is 0. The lowest BCUT2D eigenvalue weighted by molar-refractivity contribution is -0.132. The predicted molar refractivity (Wildman–Crippen MR) is 87.9 cm³/mol. The number of nitrogens with zero attached hydrogens (tertiary/aromatic N) is 1. The van der Waals surface area contributed by atoms with Gasteiger partial charge in [0.15, 0.2) is 0 Å². The van der Waals surface area contributed by atoms with Gasteiger partial charge >= 0.3 is 5.97 Å². The average Bonchev–Trinajstić information content (AvgIpc) is 2.63. The van der Waals surface area contributed by atoms with Gasteiger partial charge in [-0.25, -0.2) is 4.79 Å². The summed E-state index contributed by atoms with van der Waals surface area (Å²) in [4.78, 5) is 11.1. The Kier molecular flexibility index (Phi) is 4.32. The number of hydrogen-bond acceptors (Lipinski definition) is 2. The van der Waals surface area contributed by atoms with E-state index in [0.717, 1.165) is 27.8 Å². The molecule has 0 aromatic heterocycles. The summed E-state index contributed by atoms with van der Waals surface area (Å²) >= 11 is 0. The fourth-order valence-corrected chi connectivity index (χ4v) is 2.65. The minimum Gasteiger partial charge on any atom is -0.477 e. The first kappa shape index (κ1) is 15.8. The summed E-state index contributed by atoms with van der Waals surface area (Å²) in [5, 5.41) is 18.0. The number of fused-ring (bicyclic) bond motifs is 1. The summed E-state index contributed by atoms with van der Waals surface area (Å²) in [6, 6.07) is 10.0. The molecule has 2 aliphatic rings. The Bertz CT molecular complexity index is 779. The van der Waals surface area contributed by atoms with Crippen LogP contribution in [0.5, 0.6) is 0 Å². The van der Waals surface area contributed by atoms with E-state index in [1.807, 2.05) is 19.9 Å². The highest BCUT2D eigenvalue weighted by atomic mass is 16.4. The number of rotatable bonds is 3. The maximum absolute atomic E-state index is 11.1. The monoisotopic (exact) mass is 293 g/mol. The van der Waals surface area contributed by atoms with Gasteiger partial charge in [-0.2, -0.15) is 5.26 Å². The Morgan fingerprint density at radius 3 is 2.45 bits per heavy atom. The molecule has 0 aliphatic heterocycles. The highest BCUT2D eigenvalue weighted by Crippen LogP contribution is 2.37. The van der Waals surface area contributed by atoms with Crippen LogP contribution in [-0.4, -0.2) is 11.1 Å². The van der Waals surface area contributed by atoms with Crippen LogP contribution in [0.1, 0.15) is 42.0 Å². The van der Waals surface area contributed by atoms with E-state index in [1.54, 1.807) is 6.07 Å². The molecule has 0 amide bonds. The van der Waals surface area contributed by atoms with Crippen molar-refractivity contribution in [3.05, 3.63) is 52.1 Å². The van der Waals surface area contributed by atoms with Crippen molar-refractivity contribution < 1.29 is 9.90 Å². The molecule has 2 rings (SSSR count). The molecule has 112 valence electrons. The lowest BCUT2D eigenvalue weighted by Gasteiger charge is -2.04. The van der Waals surface area contributed by atoms with Crippen molar-refractivity contribution in [2.75, 3.05) is 0 Å². The minimum atomic E-state index is -1.20. The molecule has 0 unspecified atom stereocenters. The highest BCUT2D eigenvalue weighted by Gasteiger charge is 2.17. The van der Waals surface area contributed by atoms with Gasteiger partial charge in [0.2, 0.25) is 0 Å². The topological polar surface area (TPSA) is 61.1 Å². The van der Waals surface area contributed by atoms with Crippen molar-refractivity contribution in [2.24, 2.45) is 0 Å². The predicted octanol–water partition coefficient (Wildman–Crippen LogP) is 4.52. The van der Waals surface area contributed by atoms with E-state index in [2.05, 4.69) is 32.0 Å². The average molecular weight is 293 g/mol. The Morgan fingerprint density at radius 1 is 1.23 bits per heavy atom. The molecule has 0 spiro atoms. The van der Waals surface area contributed by atoms with Crippen molar-refractivity contribution in [1.82, 2.24) is 0 Å². The van der Waals surface area contributed by atoms with E-state index in [9.17, 15) is 4.79 Å². The molecule has 22 heavy (non-hydrogen) atoms. The number of hydrogen-bond donors (Lipinski definition) is 1. The Labute approximate surface area is 130 Å². The lowest BCUT2D eigenvalue weighted by atomic mass is 10.00. The Hall–Kier alpha value is -2.60. The third-order valence-corrected chi connectivity index (χ3v) is 3.90. The van der Waals surface area contributed by atoms with E-state index in [-0.39, 0.29) is 5.57 Å². The molecule has 1 N–H and O–H groups in total. The third-order valence-electron chi connectivity index (χ3n) is 3.90. The second-order valence-electron chi connectivity index (χ2n) is 5.86. The molecular weight excluding hydrogens is 274 g/mol. The van der Waals surface area contributed by atoms with Crippen molar-refractivity contribution in [3.8, 4) is 17.2 Å². The molecule has 0 saturated heterocycles. The fraction of sp³-hybridized carbons (Fsp3) is 0.263. The van der Waals surface area contributed by atoms with Crippen molar-refractivity contribution in [2.45, 2.75) is 33.6 Å². The summed E-state index contributed by atoms with van der Waals surface area (Å²) in [5.74, 6) is -0.785. The second kappa shape index (κ2) is 6.03. The van der Waals surface area contributed by atoms with Crippen LogP contribution in [0.15, 0.2) is 29.8 Å². The molecule has 0 radical (unpaired) electrons. The molecular formula is C19H19NO2. The van der Waals surface area contributed by atoms with Crippen LogP contribution in [0.4, 0.5) is 0 Å². The zero-order valence-corrected chi connectivity index (χ0v) is 13.3. The van der Waals surface area contributed by atoms with Gasteiger partial charge in [0.25, 0.3) is 0 Å². The number of carboxylic acids is 1. The van der Waals surface area contributed by atoms with E-state index in [4.69, 9.17) is 10.4 Å². The first-order chi connectivity index (χ1) is 10.3. The van der Waals surface area contributed by atoms with Gasteiger partial charge in [0, 0.05) is 0 Å². The Morgan fingerprint density at radius 2 is 1.91 bits per heavy atom. The zero-order chi connectivity index (χ0) is 16.4. The van der Waals surface area contributed by atoms with E-state index >= 15 is 0 Å². The van der Waals surface area contributed by atoms with Gasteiger partial charge in [-0.05, 0) is 59.2 Å². The zero-order valence-electron chi connectivity index (χ0n) is 13.3. The van der Waals surface area contributed by atoms with Crippen LogP contribution in [0.25, 0.3) is 17.2 Å². The van der Waals surface area contributed by atoms with Gasteiger partial charge in [-0.1, -0.05) is 38.1 Å². The van der Waals surface area contributed by atoms with Gasteiger partial charge in [-0.15, -0.1) is 0 Å². The van der Waals surface area contributed by atoms with Crippen molar-refractivity contribution in [3.63, 3.8) is 0 Å². The lowest BCUT2D eigenvalue weighted by Crippen LogP contribution is -1.97. The summed E-state index contributed by atoms with van der Waals surface area (Å²) in [6.07, 6.45) is 1.46. The summed E-state index contributed by atoms with van der Waals surface area (Å²) in [5.41, 5.74) is 6.06. The maximum Gasteiger partial charge on any atom is 0.346 e. The second-order valence-corrected chi connectivity index (χ2v) is 5.86. The molecule has 0 saturated carbocycles. The highest BCUT2D eigenvalue weighted by molar-refractivity contribution is 5.98. The molecule has 0 aromatic rings. The van der Waals surface area contributed by atoms with Gasteiger partial charge in [-0.3, -0.25) is 0 Å². The summed E-state index contributed by atoms with van der Waals surface area (Å²) < 4.78 is 0. The quantitative estimate of drug-likeness (QED) is 0.668. The summed E-state index contributed by atoms with van der Waals surface area (Å²) in [6.45, 7) is 8.31. The number of carboxylic acid groups (broad SMARTS) is 1.